The maximum Gasteiger partial charge on any atom is 0.120 e. The Labute approximate surface area is 112 Å². The second-order valence-electron chi connectivity index (χ2n) is 4.79. The lowest BCUT2D eigenvalue weighted by atomic mass is 9.76. The molecule has 0 bridgehead atoms. The van der Waals surface area contributed by atoms with E-state index in [0.717, 1.165) is 11.8 Å². The predicted molar refractivity (Wildman–Crippen MR) is 70.8 cm³/mol. The SMILES string of the molecule is O=CCC(c1cccc(Cl)c1)C1(F)CCNCC1. The van der Waals surface area contributed by atoms with Crippen LogP contribution < -0.4 is 5.32 Å². The molecule has 98 valence electrons. The van der Waals surface area contributed by atoms with Crippen molar-refractivity contribution in [1.29, 1.82) is 0 Å². The number of aldehydes is 1. The first-order chi connectivity index (χ1) is 8.65. The van der Waals surface area contributed by atoms with Crippen LogP contribution >= 0.6 is 11.6 Å². The summed E-state index contributed by atoms with van der Waals surface area (Å²) in [7, 11) is 0. The van der Waals surface area contributed by atoms with Gasteiger partial charge in [-0.2, -0.15) is 0 Å². The zero-order valence-electron chi connectivity index (χ0n) is 10.2. The van der Waals surface area contributed by atoms with Crippen molar-refractivity contribution >= 4 is 17.9 Å². The molecule has 0 radical (unpaired) electrons. The highest BCUT2D eigenvalue weighted by molar-refractivity contribution is 6.30. The normalized spacial score (nSPS) is 20.3. The van der Waals surface area contributed by atoms with E-state index in [4.69, 9.17) is 11.6 Å². The van der Waals surface area contributed by atoms with E-state index in [1.165, 1.54) is 0 Å². The summed E-state index contributed by atoms with van der Waals surface area (Å²) in [4.78, 5) is 10.8. The molecule has 1 saturated heterocycles. The maximum atomic E-state index is 15.0. The van der Waals surface area contributed by atoms with Crippen LogP contribution in [0.2, 0.25) is 5.02 Å². The summed E-state index contributed by atoms with van der Waals surface area (Å²) in [6.45, 7) is 1.32. The van der Waals surface area contributed by atoms with Crippen molar-refractivity contribution in [2.24, 2.45) is 0 Å². The van der Waals surface area contributed by atoms with Crippen LogP contribution in [0.5, 0.6) is 0 Å². The molecule has 1 unspecified atom stereocenters. The molecule has 1 aliphatic rings. The van der Waals surface area contributed by atoms with Gasteiger partial charge in [0.05, 0.1) is 0 Å². The van der Waals surface area contributed by atoms with Crippen molar-refractivity contribution < 1.29 is 9.18 Å². The number of alkyl halides is 1. The van der Waals surface area contributed by atoms with Gasteiger partial charge in [-0.1, -0.05) is 23.7 Å². The molecule has 2 rings (SSSR count). The average Bonchev–Trinajstić information content (AvgIpc) is 2.36. The predicted octanol–water partition coefficient (Wildman–Crippen LogP) is 3.10. The fraction of sp³-hybridized carbons (Fsp3) is 0.500. The quantitative estimate of drug-likeness (QED) is 0.851. The minimum Gasteiger partial charge on any atom is -0.316 e. The van der Waals surface area contributed by atoms with Gasteiger partial charge >= 0.3 is 0 Å². The van der Waals surface area contributed by atoms with E-state index in [9.17, 15) is 9.18 Å². The molecule has 0 saturated carbocycles. The molecule has 1 aliphatic heterocycles. The number of carbonyl (C=O) groups is 1. The Morgan fingerprint density at radius 2 is 2.17 bits per heavy atom. The molecular weight excluding hydrogens is 253 g/mol. The van der Waals surface area contributed by atoms with Gasteiger partial charge in [0.2, 0.25) is 0 Å². The number of hydrogen-bond acceptors (Lipinski definition) is 2. The molecule has 0 amide bonds. The first-order valence-corrected chi connectivity index (χ1v) is 6.62. The van der Waals surface area contributed by atoms with Crippen LogP contribution in [0, 0.1) is 0 Å². The molecule has 1 fully saturated rings. The number of hydrogen-bond donors (Lipinski definition) is 1. The lowest BCUT2D eigenvalue weighted by Gasteiger charge is -2.36. The van der Waals surface area contributed by atoms with Crippen LogP contribution in [0.3, 0.4) is 0 Å². The van der Waals surface area contributed by atoms with Gasteiger partial charge in [-0.15, -0.1) is 0 Å². The summed E-state index contributed by atoms with van der Waals surface area (Å²) in [5.41, 5.74) is -0.490. The van der Waals surface area contributed by atoms with Gasteiger partial charge < -0.3 is 10.1 Å². The van der Waals surface area contributed by atoms with Crippen molar-refractivity contribution in [3.63, 3.8) is 0 Å². The molecule has 0 aliphatic carbocycles. The molecule has 18 heavy (non-hydrogen) atoms. The van der Waals surface area contributed by atoms with E-state index in [0.29, 0.717) is 31.0 Å². The summed E-state index contributed by atoms with van der Waals surface area (Å²) in [6.07, 6.45) is 1.89. The second kappa shape index (κ2) is 5.81. The zero-order valence-corrected chi connectivity index (χ0v) is 10.9. The second-order valence-corrected chi connectivity index (χ2v) is 5.23. The minimum absolute atomic E-state index is 0.205. The molecule has 4 heteroatoms. The van der Waals surface area contributed by atoms with Crippen LogP contribution in [-0.2, 0) is 4.79 Å². The van der Waals surface area contributed by atoms with Gasteiger partial charge in [0.15, 0.2) is 0 Å². The van der Waals surface area contributed by atoms with Gasteiger partial charge in [0.25, 0.3) is 0 Å². The summed E-state index contributed by atoms with van der Waals surface area (Å²) in [5, 5.41) is 3.73. The van der Waals surface area contributed by atoms with Crippen molar-refractivity contribution in [2.45, 2.75) is 30.8 Å². The van der Waals surface area contributed by atoms with E-state index in [-0.39, 0.29) is 6.42 Å². The third kappa shape index (κ3) is 2.90. The van der Waals surface area contributed by atoms with Crippen molar-refractivity contribution in [3.05, 3.63) is 34.9 Å². The van der Waals surface area contributed by atoms with Gasteiger partial charge in [0.1, 0.15) is 12.0 Å². The Morgan fingerprint density at radius 3 is 2.78 bits per heavy atom. The van der Waals surface area contributed by atoms with E-state index >= 15 is 0 Å². The molecule has 1 N–H and O–H groups in total. The van der Waals surface area contributed by atoms with Crippen LogP contribution in [0.1, 0.15) is 30.7 Å². The number of benzene rings is 1. The Bertz CT molecular complexity index is 418. The molecule has 0 spiro atoms. The van der Waals surface area contributed by atoms with E-state index < -0.39 is 11.6 Å². The molecule has 1 aromatic rings. The molecular formula is C14H17ClFNO. The number of piperidine rings is 1. The standard InChI is InChI=1S/C14H17ClFNO/c15-12-3-1-2-11(10-12)13(4-9-18)14(16)5-7-17-8-6-14/h1-3,9-10,13,17H,4-8H2. The van der Waals surface area contributed by atoms with Crippen LogP contribution in [-0.4, -0.2) is 25.0 Å². The fourth-order valence-corrected chi connectivity index (χ4v) is 2.86. The van der Waals surface area contributed by atoms with Crippen molar-refractivity contribution in [1.82, 2.24) is 5.32 Å². The number of rotatable bonds is 4. The van der Waals surface area contributed by atoms with Crippen molar-refractivity contribution in [3.8, 4) is 0 Å². The van der Waals surface area contributed by atoms with Crippen LogP contribution in [0.4, 0.5) is 4.39 Å². The molecule has 0 aromatic heterocycles. The summed E-state index contributed by atoms with van der Waals surface area (Å²) >= 11 is 5.95. The third-order valence-corrected chi connectivity index (χ3v) is 3.88. The lowest BCUT2D eigenvalue weighted by Crippen LogP contribution is -2.43. The highest BCUT2D eigenvalue weighted by Crippen LogP contribution is 2.41. The Kier molecular flexibility index (Phi) is 4.36. The van der Waals surface area contributed by atoms with E-state index in [1.54, 1.807) is 18.2 Å². The Balaban J connectivity index is 2.29. The van der Waals surface area contributed by atoms with Gasteiger partial charge in [-0.25, -0.2) is 4.39 Å². The minimum atomic E-state index is -1.31. The third-order valence-electron chi connectivity index (χ3n) is 3.64. The number of halogens is 2. The monoisotopic (exact) mass is 269 g/mol. The first kappa shape index (κ1) is 13.5. The lowest BCUT2D eigenvalue weighted by molar-refractivity contribution is -0.109. The van der Waals surface area contributed by atoms with Gasteiger partial charge in [0, 0.05) is 17.4 Å². The van der Waals surface area contributed by atoms with Crippen LogP contribution in [0.25, 0.3) is 0 Å². The fourth-order valence-electron chi connectivity index (χ4n) is 2.66. The zero-order chi connectivity index (χ0) is 13.0. The van der Waals surface area contributed by atoms with Gasteiger partial charge in [-0.3, -0.25) is 0 Å². The smallest absolute Gasteiger partial charge is 0.120 e. The first-order valence-electron chi connectivity index (χ1n) is 6.24. The van der Waals surface area contributed by atoms with Gasteiger partial charge in [-0.05, 0) is 43.6 Å². The Morgan fingerprint density at radius 1 is 1.44 bits per heavy atom. The average molecular weight is 270 g/mol. The van der Waals surface area contributed by atoms with E-state index in [1.807, 2.05) is 6.07 Å². The molecule has 1 aromatic carbocycles. The topological polar surface area (TPSA) is 29.1 Å². The molecule has 1 atom stereocenters. The Hall–Kier alpha value is -0.930. The van der Waals surface area contributed by atoms with Crippen LogP contribution in [0.15, 0.2) is 24.3 Å². The largest absolute Gasteiger partial charge is 0.316 e. The summed E-state index contributed by atoms with van der Waals surface area (Å²) in [6, 6.07) is 7.18. The highest BCUT2D eigenvalue weighted by Gasteiger charge is 2.40. The number of nitrogens with one attached hydrogen (secondary N) is 1. The summed E-state index contributed by atoms with van der Waals surface area (Å²) < 4.78 is 15.0. The molecule has 2 nitrogen and oxygen atoms in total. The molecule has 1 heterocycles. The number of carbonyl (C=O) groups excluding carboxylic acids is 1. The summed E-state index contributed by atoms with van der Waals surface area (Å²) in [5.74, 6) is -0.393. The maximum absolute atomic E-state index is 15.0. The highest BCUT2D eigenvalue weighted by atomic mass is 35.5. The van der Waals surface area contributed by atoms with E-state index in [2.05, 4.69) is 5.32 Å². The van der Waals surface area contributed by atoms with Crippen molar-refractivity contribution in [2.75, 3.05) is 13.1 Å².